The van der Waals surface area contributed by atoms with Crippen molar-refractivity contribution in [1.29, 1.82) is 0 Å². The minimum absolute atomic E-state index is 0.0502. The van der Waals surface area contributed by atoms with Gasteiger partial charge in [0.05, 0.1) is 17.9 Å². The van der Waals surface area contributed by atoms with Crippen LogP contribution < -0.4 is 5.32 Å². The zero-order valence-electron chi connectivity index (χ0n) is 12.6. The van der Waals surface area contributed by atoms with Crippen molar-refractivity contribution in [3.8, 4) is 0 Å². The molecule has 1 amide bonds. The van der Waals surface area contributed by atoms with Gasteiger partial charge in [-0.3, -0.25) is 9.48 Å². The number of amides is 1. The largest absolute Gasteiger partial charge is 0.348 e. The lowest BCUT2D eigenvalue weighted by molar-refractivity contribution is -0.117. The number of fused-ring (bicyclic) bond motifs is 1. The van der Waals surface area contributed by atoms with Crippen LogP contribution in [0.5, 0.6) is 0 Å². The summed E-state index contributed by atoms with van der Waals surface area (Å²) < 4.78 is 28.4. The average molecular weight is 335 g/mol. The molecule has 23 heavy (non-hydrogen) atoms. The highest BCUT2D eigenvalue weighted by atomic mass is 32.2. The van der Waals surface area contributed by atoms with Crippen LogP contribution in [0.2, 0.25) is 0 Å². The van der Waals surface area contributed by atoms with Crippen molar-refractivity contribution >= 4 is 21.8 Å². The quantitative estimate of drug-likeness (QED) is 0.828. The molecule has 3 heterocycles. The first-order valence-electron chi connectivity index (χ1n) is 7.20. The van der Waals surface area contributed by atoms with Gasteiger partial charge < -0.3 is 10.2 Å². The van der Waals surface area contributed by atoms with Crippen LogP contribution >= 0.6 is 0 Å². The van der Waals surface area contributed by atoms with Crippen LogP contribution in [0, 0.1) is 0 Å². The van der Waals surface area contributed by atoms with Crippen LogP contribution in [0.25, 0.3) is 0 Å². The summed E-state index contributed by atoms with van der Waals surface area (Å²) in [4.78, 5) is 14.0. The van der Waals surface area contributed by atoms with Crippen molar-refractivity contribution in [3.05, 3.63) is 42.4 Å². The van der Waals surface area contributed by atoms with Gasteiger partial charge in [0.15, 0.2) is 0 Å². The van der Waals surface area contributed by atoms with Gasteiger partial charge in [0.1, 0.15) is 5.84 Å². The van der Waals surface area contributed by atoms with Crippen LogP contribution in [0.3, 0.4) is 0 Å². The summed E-state index contributed by atoms with van der Waals surface area (Å²) in [5.74, 6) is 0.0802. The summed E-state index contributed by atoms with van der Waals surface area (Å²) in [5, 5.41) is 7.00. The predicted octanol–water partition coefficient (Wildman–Crippen LogP) is -0.115. The maximum Gasteiger partial charge on any atom is 0.256 e. The Kier molecular flexibility index (Phi) is 4.03. The number of carbonyl (C=O) groups is 1. The number of nitrogens with one attached hydrogen (secondary N) is 1. The molecular weight excluding hydrogens is 318 g/mol. The number of nitrogens with zero attached hydrogens (tertiary/aromatic N) is 4. The van der Waals surface area contributed by atoms with E-state index in [4.69, 9.17) is 0 Å². The van der Waals surface area contributed by atoms with Crippen molar-refractivity contribution < 1.29 is 13.2 Å². The Morgan fingerprint density at radius 2 is 2.26 bits per heavy atom. The summed E-state index contributed by atoms with van der Waals surface area (Å²) in [6.45, 7) is 2.77. The van der Waals surface area contributed by atoms with Crippen LogP contribution in [0.4, 0.5) is 0 Å². The summed E-state index contributed by atoms with van der Waals surface area (Å²) in [5.41, 5.74) is 0.468. The molecule has 8 nitrogen and oxygen atoms in total. The van der Waals surface area contributed by atoms with E-state index in [1.165, 1.54) is 0 Å². The minimum atomic E-state index is -3.38. The van der Waals surface area contributed by atoms with Gasteiger partial charge in [-0.2, -0.15) is 5.10 Å². The van der Waals surface area contributed by atoms with Gasteiger partial charge in [0, 0.05) is 31.2 Å². The Morgan fingerprint density at radius 1 is 1.43 bits per heavy atom. The predicted molar refractivity (Wildman–Crippen MR) is 85.0 cm³/mol. The maximum absolute atomic E-state index is 12.3. The molecule has 1 aromatic rings. The highest BCUT2D eigenvalue weighted by Crippen LogP contribution is 2.15. The highest BCUT2D eigenvalue weighted by Gasteiger charge is 2.25. The molecule has 0 bridgehead atoms. The molecule has 2 aliphatic rings. The number of hydrogen-bond donors (Lipinski definition) is 1. The Bertz CT molecular complexity index is 792. The van der Waals surface area contributed by atoms with Crippen molar-refractivity contribution in [1.82, 2.24) is 20.0 Å². The van der Waals surface area contributed by atoms with Crippen LogP contribution in [0.15, 0.2) is 46.8 Å². The molecule has 1 N–H and O–H groups in total. The van der Waals surface area contributed by atoms with Gasteiger partial charge >= 0.3 is 0 Å². The van der Waals surface area contributed by atoms with E-state index >= 15 is 0 Å². The monoisotopic (exact) mass is 335 g/mol. The lowest BCUT2D eigenvalue weighted by Crippen LogP contribution is -2.40. The van der Waals surface area contributed by atoms with E-state index < -0.39 is 10.0 Å². The molecule has 0 aliphatic carbocycles. The number of carbonyl (C=O) groups excluding carboxylic acids is 1. The number of aromatic nitrogens is 2. The van der Waals surface area contributed by atoms with E-state index in [9.17, 15) is 13.2 Å². The van der Waals surface area contributed by atoms with E-state index in [0.29, 0.717) is 24.5 Å². The van der Waals surface area contributed by atoms with Gasteiger partial charge in [-0.05, 0) is 25.1 Å². The number of amidine groups is 1. The summed E-state index contributed by atoms with van der Waals surface area (Å²) in [7, 11) is -3.38. The van der Waals surface area contributed by atoms with Crippen LogP contribution in [-0.4, -0.2) is 53.2 Å². The number of hydrogen-bond acceptors (Lipinski definition) is 5. The summed E-state index contributed by atoms with van der Waals surface area (Å²) >= 11 is 0. The zero-order valence-corrected chi connectivity index (χ0v) is 13.4. The third-order valence-corrected chi connectivity index (χ3v) is 4.65. The Hall–Kier alpha value is -2.42. The van der Waals surface area contributed by atoms with Gasteiger partial charge in [-0.25, -0.2) is 8.42 Å². The zero-order chi connectivity index (χ0) is 16.4. The lowest BCUT2D eigenvalue weighted by Gasteiger charge is -2.27. The SMILES string of the molecule is C[C@H](Cn1cccn1)NC(=O)C1=CN2CCS(=O)(=O)N=C2C=C1. The fourth-order valence-electron chi connectivity index (χ4n) is 2.38. The third kappa shape index (κ3) is 3.67. The fraction of sp³-hybridized carbons (Fsp3) is 0.357. The minimum Gasteiger partial charge on any atom is -0.348 e. The third-order valence-electron chi connectivity index (χ3n) is 3.48. The number of rotatable bonds is 4. The Morgan fingerprint density at radius 3 is 3.00 bits per heavy atom. The van der Waals surface area contributed by atoms with Gasteiger partial charge in [-0.15, -0.1) is 4.40 Å². The molecule has 0 radical (unpaired) electrons. The molecule has 0 spiro atoms. The maximum atomic E-state index is 12.3. The normalized spacial score (nSPS) is 20.3. The molecule has 3 rings (SSSR count). The standard InChI is InChI=1S/C14H17N5O3S/c1-11(9-19-6-2-5-15-19)16-14(20)12-3-4-13-17-23(21,22)8-7-18(13)10-12/h2-6,10-11H,7-9H2,1H3,(H,16,20)/t11-/m1/s1. The van der Waals surface area contributed by atoms with Crippen LogP contribution in [0.1, 0.15) is 6.92 Å². The lowest BCUT2D eigenvalue weighted by atomic mass is 10.1. The highest BCUT2D eigenvalue weighted by molar-refractivity contribution is 7.90. The molecule has 9 heteroatoms. The van der Waals surface area contributed by atoms with E-state index in [1.54, 1.807) is 34.1 Å². The molecule has 1 aromatic heterocycles. The molecular formula is C14H17N5O3S. The second-order valence-electron chi connectivity index (χ2n) is 5.45. The smallest absolute Gasteiger partial charge is 0.256 e. The first-order chi connectivity index (χ1) is 10.9. The van der Waals surface area contributed by atoms with Gasteiger partial charge in [0.2, 0.25) is 0 Å². The van der Waals surface area contributed by atoms with E-state index in [2.05, 4.69) is 14.8 Å². The van der Waals surface area contributed by atoms with Crippen molar-refractivity contribution in [2.24, 2.45) is 4.40 Å². The first kappa shape index (κ1) is 15.5. The molecule has 0 saturated heterocycles. The molecule has 122 valence electrons. The number of sulfonamides is 1. The second-order valence-corrected chi connectivity index (χ2v) is 7.20. The Balaban J connectivity index is 1.65. The van der Waals surface area contributed by atoms with Crippen molar-refractivity contribution in [2.75, 3.05) is 12.3 Å². The molecule has 0 fully saturated rings. The van der Waals surface area contributed by atoms with Gasteiger partial charge in [0.25, 0.3) is 15.9 Å². The average Bonchev–Trinajstić information content (AvgIpc) is 2.98. The van der Waals surface area contributed by atoms with E-state index in [-0.39, 0.29) is 17.7 Å². The second kappa shape index (κ2) is 5.99. The summed E-state index contributed by atoms with van der Waals surface area (Å²) in [6, 6.07) is 1.74. The molecule has 2 aliphatic heterocycles. The van der Waals surface area contributed by atoms with E-state index in [1.807, 2.05) is 19.2 Å². The van der Waals surface area contributed by atoms with Gasteiger partial charge in [-0.1, -0.05) is 0 Å². The molecule has 1 atom stereocenters. The van der Waals surface area contributed by atoms with Crippen LogP contribution in [-0.2, 0) is 21.4 Å². The fourth-order valence-corrected chi connectivity index (χ4v) is 3.35. The summed E-state index contributed by atoms with van der Waals surface area (Å²) in [6.07, 6.45) is 8.27. The molecule has 0 saturated carbocycles. The Labute approximate surface area is 134 Å². The first-order valence-corrected chi connectivity index (χ1v) is 8.81. The van der Waals surface area contributed by atoms with Crippen molar-refractivity contribution in [3.63, 3.8) is 0 Å². The molecule has 0 aromatic carbocycles. The van der Waals surface area contributed by atoms with Crippen molar-refractivity contribution in [2.45, 2.75) is 19.5 Å². The van der Waals surface area contributed by atoms with E-state index in [0.717, 1.165) is 0 Å². The topological polar surface area (TPSA) is 96.7 Å². The molecule has 0 unspecified atom stereocenters.